The number of hydrogen-bond donors (Lipinski definition) is 3. The second-order valence-electron chi connectivity index (χ2n) is 7.63. The monoisotopic (exact) mass is 422 g/mol. The Kier molecular flexibility index (Phi) is 6.18. The maximum Gasteiger partial charge on any atom is 0.226 e. The van der Waals surface area contributed by atoms with E-state index in [9.17, 15) is 9.59 Å². The van der Waals surface area contributed by atoms with Gasteiger partial charge in [-0.2, -0.15) is 0 Å². The molecule has 3 N–H and O–H groups in total. The Hall–Kier alpha value is -3.39. The van der Waals surface area contributed by atoms with Crippen molar-refractivity contribution in [3.8, 4) is 5.75 Å². The van der Waals surface area contributed by atoms with Gasteiger partial charge in [-0.25, -0.2) is 4.98 Å². The zero-order valence-corrected chi connectivity index (χ0v) is 17.6. The van der Waals surface area contributed by atoms with Gasteiger partial charge in [0.25, 0.3) is 0 Å². The van der Waals surface area contributed by atoms with Gasteiger partial charge in [0.2, 0.25) is 11.8 Å². The highest BCUT2D eigenvalue weighted by Crippen LogP contribution is 2.29. The first-order chi connectivity index (χ1) is 15.0. The van der Waals surface area contributed by atoms with E-state index in [2.05, 4.69) is 20.6 Å². The van der Waals surface area contributed by atoms with E-state index in [4.69, 9.17) is 9.47 Å². The number of benzene rings is 2. The van der Waals surface area contributed by atoms with Gasteiger partial charge in [-0.15, -0.1) is 0 Å². The lowest BCUT2D eigenvalue weighted by molar-refractivity contribution is -0.120. The number of aromatic nitrogens is 2. The third-order valence-electron chi connectivity index (χ3n) is 5.30. The first kappa shape index (κ1) is 20.9. The highest BCUT2D eigenvalue weighted by atomic mass is 16.5. The topological polar surface area (TPSA) is 105 Å². The minimum Gasteiger partial charge on any atom is -0.497 e. The molecule has 8 heteroatoms. The van der Waals surface area contributed by atoms with Crippen LogP contribution in [0.1, 0.15) is 49.7 Å². The van der Waals surface area contributed by atoms with Crippen LogP contribution in [0.25, 0.3) is 11.0 Å². The van der Waals surface area contributed by atoms with Crippen LogP contribution < -0.4 is 15.4 Å². The second-order valence-corrected chi connectivity index (χ2v) is 7.63. The summed E-state index contributed by atoms with van der Waals surface area (Å²) in [6.45, 7) is 2.19. The predicted octanol–water partition coefficient (Wildman–Crippen LogP) is 3.63. The van der Waals surface area contributed by atoms with E-state index in [0.29, 0.717) is 11.4 Å². The van der Waals surface area contributed by atoms with E-state index in [1.54, 1.807) is 19.2 Å². The van der Waals surface area contributed by atoms with E-state index < -0.39 is 6.04 Å². The van der Waals surface area contributed by atoms with Crippen LogP contribution in [0.4, 0.5) is 5.69 Å². The molecule has 0 bridgehead atoms. The molecule has 1 saturated heterocycles. The maximum absolute atomic E-state index is 12.7. The number of fused-ring (bicyclic) bond motifs is 1. The molecule has 1 fully saturated rings. The SMILES string of the molecule is COc1ccc(C(CC(=O)Nc2ccc3nc(C4CCCO4)[nH]c3c2)NC(C)=O)cc1. The number of carbonyl (C=O) groups excluding carboxylic acids is 2. The smallest absolute Gasteiger partial charge is 0.226 e. The molecule has 0 radical (unpaired) electrons. The number of nitrogens with zero attached hydrogens (tertiary/aromatic N) is 1. The van der Waals surface area contributed by atoms with Crippen LogP contribution in [0.15, 0.2) is 42.5 Å². The van der Waals surface area contributed by atoms with Crippen molar-refractivity contribution < 1.29 is 19.1 Å². The van der Waals surface area contributed by atoms with Crippen LogP contribution in [0.3, 0.4) is 0 Å². The molecule has 31 heavy (non-hydrogen) atoms. The van der Waals surface area contributed by atoms with Gasteiger partial charge in [0.15, 0.2) is 0 Å². The van der Waals surface area contributed by atoms with Gasteiger partial charge in [-0.1, -0.05) is 12.1 Å². The van der Waals surface area contributed by atoms with Crippen molar-refractivity contribution >= 4 is 28.5 Å². The van der Waals surface area contributed by atoms with Crippen LogP contribution >= 0.6 is 0 Å². The molecule has 4 rings (SSSR count). The zero-order valence-electron chi connectivity index (χ0n) is 17.6. The molecule has 0 aliphatic carbocycles. The number of imidazole rings is 1. The van der Waals surface area contributed by atoms with Crippen molar-refractivity contribution in [1.29, 1.82) is 0 Å². The molecule has 2 unspecified atom stereocenters. The predicted molar refractivity (Wildman–Crippen MR) is 117 cm³/mol. The lowest BCUT2D eigenvalue weighted by Crippen LogP contribution is -2.29. The van der Waals surface area contributed by atoms with Crippen LogP contribution in [0.5, 0.6) is 5.75 Å². The molecular formula is C23H26N4O4. The fourth-order valence-corrected chi connectivity index (χ4v) is 3.78. The van der Waals surface area contributed by atoms with Crippen LogP contribution in [-0.2, 0) is 14.3 Å². The number of anilines is 1. The number of H-pyrrole nitrogens is 1. The van der Waals surface area contributed by atoms with Gasteiger partial charge in [0.05, 0.1) is 30.6 Å². The van der Waals surface area contributed by atoms with Crippen molar-refractivity contribution in [2.75, 3.05) is 19.0 Å². The molecule has 162 valence electrons. The van der Waals surface area contributed by atoms with Crippen molar-refractivity contribution in [2.24, 2.45) is 0 Å². The van der Waals surface area contributed by atoms with Crippen LogP contribution in [-0.4, -0.2) is 35.5 Å². The lowest BCUT2D eigenvalue weighted by atomic mass is 10.0. The molecule has 3 aromatic rings. The Morgan fingerprint density at radius 3 is 2.74 bits per heavy atom. The number of aromatic amines is 1. The van der Waals surface area contributed by atoms with E-state index >= 15 is 0 Å². The van der Waals surface area contributed by atoms with E-state index in [1.165, 1.54) is 6.92 Å². The standard InChI is InChI=1S/C23H26N4O4/c1-14(28)24-19(15-5-8-17(30-2)9-6-15)13-22(29)25-16-7-10-18-20(12-16)27-23(26-18)21-4-3-11-31-21/h5-10,12,19,21H,3-4,11,13H2,1-2H3,(H,24,28)(H,25,29)(H,26,27). The summed E-state index contributed by atoms with van der Waals surface area (Å²) < 4.78 is 10.9. The fourth-order valence-electron chi connectivity index (χ4n) is 3.78. The average molecular weight is 422 g/mol. The van der Waals surface area contributed by atoms with Gasteiger partial charge in [0, 0.05) is 19.2 Å². The summed E-state index contributed by atoms with van der Waals surface area (Å²) in [5, 5.41) is 5.76. The number of amides is 2. The zero-order chi connectivity index (χ0) is 21.8. The third-order valence-corrected chi connectivity index (χ3v) is 5.30. The van der Waals surface area contributed by atoms with Gasteiger partial charge >= 0.3 is 0 Å². The largest absolute Gasteiger partial charge is 0.497 e. The minimum atomic E-state index is -0.439. The van der Waals surface area contributed by atoms with Crippen molar-refractivity contribution in [3.05, 3.63) is 53.9 Å². The Bertz CT molecular complexity index is 1070. The number of nitrogens with one attached hydrogen (secondary N) is 3. The summed E-state index contributed by atoms with van der Waals surface area (Å²) >= 11 is 0. The molecule has 0 spiro atoms. The molecule has 1 aliphatic rings. The van der Waals surface area contributed by atoms with Crippen molar-refractivity contribution in [3.63, 3.8) is 0 Å². The summed E-state index contributed by atoms with van der Waals surface area (Å²) in [6.07, 6.45) is 2.11. The number of ether oxygens (including phenoxy) is 2. The fraction of sp³-hybridized carbons (Fsp3) is 0.348. The highest BCUT2D eigenvalue weighted by Gasteiger charge is 2.21. The summed E-state index contributed by atoms with van der Waals surface area (Å²) in [5.41, 5.74) is 3.17. The summed E-state index contributed by atoms with van der Waals surface area (Å²) in [6, 6.07) is 12.4. The van der Waals surface area contributed by atoms with Gasteiger partial charge in [0.1, 0.15) is 17.7 Å². The van der Waals surface area contributed by atoms with Crippen molar-refractivity contribution in [1.82, 2.24) is 15.3 Å². The number of methoxy groups -OCH3 is 1. The molecule has 2 heterocycles. The Balaban J connectivity index is 1.46. The molecule has 0 saturated carbocycles. The van der Waals surface area contributed by atoms with E-state index in [1.807, 2.05) is 30.3 Å². The Morgan fingerprint density at radius 2 is 2.06 bits per heavy atom. The summed E-state index contributed by atoms with van der Waals surface area (Å²) in [7, 11) is 1.59. The molecule has 2 aromatic carbocycles. The lowest BCUT2D eigenvalue weighted by Gasteiger charge is -2.18. The number of carbonyl (C=O) groups is 2. The van der Waals surface area contributed by atoms with Gasteiger partial charge in [-0.3, -0.25) is 9.59 Å². The molecule has 1 aromatic heterocycles. The number of hydrogen-bond acceptors (Lipinski definition) is 5. The first-order valence-electron chi connectivity index (χ1n) is 10.3. The van der Waals surface area contributed by atoms with Crippen molar-refractivity contribution in [2.45, 2.75) is 38.3 Å². The van der Waals surface area contributed by atoms with E-state index in [-0.39, 0.29) is 24.3 Å². The molecule has 8 nitrogen and oxygen atoms in total. The maximum atomic E-state index is 12.7. The highest BCUT2D eigenvalue weighted by molar-refractivity contribution is 5.93. The number of rotatable bonds is 7. The molecule has 2 atom stereocenters. The minimum absolute atomic E-state index is 0.00773. The first-order valence-corrected chi connectivity index (χ1v) is 10.3. The van der Waals surface area contributed by atoms with Gasteiger partial charge in [-0.05, 0) is 48.7 Å². The molecule has 1 aliphatic heterocycles. The Labute approximate surface area is 180 Å². The molecule has 2 amide bonds. The Morgan fingerprint density at radius 1 is 1.26 bits per heavy atom. The normalized spacial score (nSPS) is 16.8. The van der Waals surface area contributed by atoms with E-state index in [0.717, 1.165) is 41.9 Å². The second kappa shape index (κ2) is 9.18. The third kappa shape index (κ3) is 5.03. The van der Waals surface area contributed by atoms with Gasteiger partial charge < -0.3 is 25.1 Å². The summed E-state index contributed by atoms with van der Waals surface area (Å²) in [4.78, 5) is 32.3. The van der Waals surface area contributed by atoms with Crippen LogP contribution in [0.2, 0.25) is 0 Å². The van der Waals surface area contributed by atoms with Crippen LogP contribution in [0, 0.1) is 0 Å². The quantitative estimate of drug-likeness (QED) is 0.539. The average Bonchev–Trinajstić information content (AvgIpc) is 3.42. The summed E-state index contributed by atoms with van der Waals surface area (Å²) in [5.74, 6) is 1.13. The molecular weight excluding hydrogens is 396 g/mol.